The van der Waals surface area contributed by atoms with Gasteiger partial charge < -0.3 is 4.74 Å². The van der Waals surface area contributed by atoms with Gasteiger partial charge >= 0.3 is 0 Å². The molecule has 102 valence electrons. The summed E-state index contributed by atoms with van der Waals surface area (Å²) in [6, 6.07) is 10.5. The molecule has 0 amide bonds. The van der Waals surface area contributed by atoms with E-state index in [4.69, 9.17) is 4.74 Å². The van der Waals surface area contributed by atoms with Crippen molar-refractivity contribution in [2.24, 2.45) is 0 Å². The van der Waals surface area contributed by atoms with Crippen LogP contribution in [0.5, 0.6) is 0 Å². The number of rotatable bonds is 6. The number of unbranched alkanes of at least 4 members (excludes halogenated alkanes) is 2. The first kappa shape index (κ1) is 14.1. The Morgan fingerprint density at radius 3 is 2.58 bits per heavy atom. The Labute approximate surface area is 117 Å². The summed E-state index contributed by atoms with van der Waals surface area (Å²) in [4.78, 5) is 0. The van der Waals surface area contributed by atoms with E-state index in [9.17, 15) is 0 Å². The van der Waals surface area contributed by atoms with Gasteiger partial charge in [-0.1, -0.05) is 68.3 Å². The van der Waals surface area contributed by atoms with Crippen LogP contribution in [-0.4, -0.2) is 12.2 Å². The molecule has 0 aromatic heterocycles. The molecule has 0 radical (unpaired) electrons. The molecule has 1 nitrogen and oxygen atoms in total. The van der Waals surface area contributed by atoms with Crippen molar-refractivity contribution >= 4 is 5.57 Å². The molecule has 2 rings (SSSR count). The van der Waals surface area contributed by atoms with Gasteiger partial charge in [0.15, 0.2) is 0 Å². The van der Waals surface area contributed by atoms with Crippen molar-refractivity contribution in [2.75, 3.05) is 6.61 Å². The van der Waals surface area contributed by atoms with Gasteiger partial charge in [0.05, 0.1) is 5.60 Å². The van der Waals surface area contributed by atoms with Gasteiger partial charge in [0.1, 0.15) is 0 Å². The molecule has 1 aliphatic rings. The van der Waals surface area contributed by atoms with Crippen LogP contribution >= 0.6 is 0 Å². The van der Waals surface area contributed by atoms with Crippen molar-refractivity contribution in [3.63, 3.8) is 0 Å². The Balaban J connectivity index is 1.90. The maximum atomic E-state index is 6.03. The second kappa shape index (κ2) is 6.72. The molecule has 1 unspecified atom stereocenters. The molecule has 1 aliphatic carbocycles. The molecule has 0 saturated carbocycles. The second-order valence-electron chi connectivity index (χ2n) is 5.43. The summed E-state index contributed by atoms with van der Waals surface area (Å²) in [5.74, 6) is 0. The fraction of sp³-hybridized carbons (Fsp3) is 0.444. The zero-order valence-corrected chi connectivity index (χ0v) is 12.1. The zero-order valence-electron chi connectivity index (χ0n) is 12.1. The normalized spacial score (nSPS) is 22.3. The summed E-state index contributed by atoms with van der Waals surface area (Å²) in [5.41, 5.74) is 2.47. The molecule has 19 heavy (non-hydrogen) atoms. The number of benzene rings is 1. The van der Waals surface area contributed by atoms with Gasteiger partial charge in [-0.3, -0.25) is 0 Å². The summed E-state index contributed by atoms with van der Waals surface area (Å²) < 4.78 is 6.03. The third kappa shape index (κ3) is 4.07. The van der Waals surface area contributed by atoms with Gasteiger partial charge in [-0.2, -0.15) is 0 Å². The number of ether oxygens (including phenoxy) is 1. The lowest BCUT2D eigenvalue weighted by atomic mass is 9.91. The fourth-order valence-electron chi connectivity index (χ4n) is 2.32. The van der Waals surface area contributed by atoms with Crippen molar-refractivity contribution < 1.29 is 4.74 Å². The first-order valence-electron chi connectivity index (χ1n) is 7.32. The van der Waals surface area contributed by atoms with Crippen LogP contribution in [0.2, 0.25) is 0 Å². The SMILES string of the molecule is CCCCCOC1(C)C=CC(c2ccccc2)=CC1. The Morgan fingerprint density at radius 2 is 1.95 bits per heavy atom. The molecule has 0 spiro atoms. The predicted molar refractivity (Wildman–Crippen MR) is 82.1 cm³/mol. The van der Waals surface area contributed by atoms with Crippen LogP contribution in [0.1, 0.15) is 45.1 Å². The fourth-order valence-corrected chi connectivity index (χ4v) is 2.32. The lowest BCUT2D eigenvalue weighted by Gasteiger charge is -2.28. The topological polar surface area (TPSA) is 9.23 Å². The molecule has 1 aromatic carbocycles. The molecule has 1 heteroatoms. The van der Waals surface area contributed by atoms with E-state index in [0.29, 0.717) is 0 Å². The van der Waals surface area contributed by atoms with Crippen molar-refractivity contribution in [3.8, 4) is 0 Å². The van der Waals surface area contributed by atoms with Crippen molar-refractivity contribution in [2.45, 2.75) is 45.1 Å². The minimum Gasteiger partial charge on any atom is -0.371 e. The summed E-state index contributed by atoms with van der Waals surface area (Å²) in [5, 5.41) is 0. The second-order valence-corrected chi connectivity index (χ2v) is 5.43. The molecule has 1 atom stereocenters. The summed E-state index contributed by atoms with van der Waals surface area (Å²) in [7, 11) is 0. The zero-order chi connectivity index (χ0) is 13.6. The molecule has 1 aromatic rings. The molecule has 0 fully saturated rings. The third-order valence-corrected chi connectivity index (χ3v) is 3.63. The number of allylic oxidation sites excluding steroid dienone is 2. The monoisotopic (exact) mass is 256 g/mol. The van der Waals surface area contributed by atoms with Gasteiger partial charge in [0, 0.05) is 6.61 Å². The Kier molecular flexibility index (Phi) is 4.98. The summed E-state index contributed by atoms with van der Waals surface area (Å²) in [6.07, 6.45) is 11.3. The molecule has 0 aliphatic heterocycles. The van der Waals surface area contributed by atoms with Crippen molar-refractivity contribution in [1.29, 1.82) is 0 Å². The maximum Gasteiger partial charge on any atom is 0.0872 e. The first-order valence-corrected chi connectivity index (χ1v) is 7.32. The van der Waals surface area contributed by atoms with E-state index >= 15 is 0 Å². The quantitative estimate of drug-likeness (QED) is 0.651. The van der Waals surface area contributed by atoms with Crippen molar-refractivity contribution in [3.05, 3.63) is 54.1 Å². The lowest BCUT2D eigenvalue weighted by Crippen LogP contribution is -2.27. The van der Waals surface area contributed by atoms with Crippen LogP contribution in [0.3, 0.4) is 0 Å². The number of hydrogen-bond donors (Lipinski definition) is 0. The van der Waals surface area contributed by atoms with E-state index in [1.807, 2.05) is 0 Å². The van der Waals surface area contributed by atoms with Crippen LogP contribution in [0.4, 0.5) is 0 Å². The smallest absolute Gasteiger partial charge is 0.0872 e. The maximum absolute atomic E-state index is 6.03. The Bertz CT molecular complexity index is 444. The van der Waals surface area contributed by atoms with E-state index in [1.165, 1.54) is 24.0 Å². The minimum atomic E-state index is -0.119. The van der Waals surface area contributed by atoms with Gasteiger partial charge in [-0.05, 0) is 30.9 Å². The predicted octanol–water partition coefficient (Wildman–Crippen LogP) is 5.00. The van der Waals surface area contributed by atoms with Crippen molar-refractivity contribution in [1.82, 2.24) is 0 Å². The molecule has 0 N–H and O–H groups in total. The van der Waals surface area contributed by atoms with Crippen LogP contribution < -0.4 is 0 Å². The average molecular weight is 256 g/mol. The highest BCUT2D eigenvalue weighted by Gasteiger charge is 2.23. The minimum absolute atomic E-state index is 0.119. The Morgan fingerprint density at radius 1 is 1.16 bits per heavy atom. The highest BCUT2D eigenvalue weighted by molar-refractivity contribution is 5.75. The Hall–Kier alpha value is -1.34. The van der Waals surface area contributed by atoms with E-state index in [2.05, 4.69) is 62.4 Å². The largest absolute Gasteiger partial charge is 0.371 e. The van der Waals surface area contributed by atoms with E-state index in [-0.39, 0.29) is 5.60 Å². The standard InChI is InChI=1S/C18H24O/c1-3-4-8-15-19-18(2)13-11-17(12-14-18)16-9-6-5-7-10-16/h5-7,9-13H,3-4,8,14-15H2,1-2H3. The van der Waals surface area contributed by atoms with E-state index in [1.54, 1.807) is 0 Å². The number of hydrogen-bond acceptors (Lipinski definition) is 1. The van der Waals surface area contributed by atoms with Gasteiger partial charge in [-0.15, -0.1) is 0 Å². The van der Waals surface area contributed by atoms with Crippen LogP contribution in [0.25, 0.3) is 5.57 Å². The highest BCUT2D eigenvalue weighted by atomic mass is 16.5. The summed E-state index contributed by atoms with van der Waals surface area (Å²) >= 11 is 0. The van der Waals surface area contributed by atoms with Gasteiger partial charge in [0.25, 0.3) is 0 Å². The molecular weight excluding hydrogens is 232 g/mol. The molecule has 0 heterocycles. The van der Waals surface area contributed by atoms with Crippen LogP contribution in [0.15, 0.2) is 48.6 Å². The highest BCUT2D eigenvalue weighted by Crippen LogP contribution is 2.29. The average Bonchev–Trinajstić information content (AvgIpc) is 2.46. The van der Waals surface area contributed by atoms with Gasteiger partial charge in [-0.25, -0.2) is 0 Å². The third-order valence-electron chi connectivity index (χ3n) is 3.63. The summed E-state index contributed by atoms with van der Waals surface area (Å²) in [6.45, 7) is 5.26. The van der Waals surface area contributed by atoms with Crippen LogP contribution in [-0.2, 0) is 4.74 Å². The van der Waals surface area contributed by atoms with Gasteiger partial charge in [0.2, 0.25) is 0 Å². The molecular formula is C18H24O. The molecule has 0 bridgehead atoms. The van der Waals surface area contributed by atoms with Crippen LogP contribution in [0, 0.1) is 0 Å². The van der Waals surface area contributed by atoms with E-state index in [0.717, 1.165) is 19.4 Å². The first-order chi connectivity index (χ1) is 9.23. The van der Waals surface area contributed by atoms with E-state index < -0.39 is 0 Å². The lowest BCUT2D eigenvalue weighted by molar-refractivity contribution is 0.00526. The molecule has 0 saturated heterocycles.